The molecule has 3 N–H and O–H groups in total. The van der Waals surface area contributed by atoms with Crippen LogP contribution >= 0.6 is 31.9 Å². The van der Waals surface area contributed by atoms with E-state index in [0.717, 1.165) is 20.1 Å². The van der Waals surface area contributed by atoms with Gasteiger partial charge in [-0.25, -0.2) is 0 Å². The SMILES string of the molecule is Cc1cc(Br)ccc1C(=O)Nc1c(C)cc(Br)cc1N. The molecule has 2 aromatic carbocycles. The molecule has 2 rings (SSSR count). The summed E-state index contributed by atoms with van der Waals surface area (Å²) in [5.41, 5.74) is 9.61. The zero-order chi connectivity index (χ0) is 14.9. The summed E-state index contributed by atoms with van der Waals surface area (Å²) >= 11 is 6.77. The summed E-state index contributed by atoms with van der Waals surface area (Å²) in [5, 5.41) is 2.88. The van der Waals surface area contributed by atoms with E-state index in [4.69, 9.17) is 5.73 Å². The summed E-state index contributed by atoms with van der Waals surface area (Å²) in [6.07, 6.45) is 0. The van der Waals surface area contributed by atoms with Crippen LogP contribution in [0.4, 0.5) is 11.4 Å². The van der Waals surface area contributed by atoms with Gasteiger partial charge < -0.3 is 11.1 Å². The van der Waals surface area contributed by atoms with E-state index in [1.807, 2.05) is 32.0 Å². The molecule has 0 heterocycles. The lowest BCUT2D eigenvalue weighted by atomic mass is 10.1. The maximum absolute atomic E-state index is 12.3. The van der Waals surface area contributed by atoms with E-state index in [9.17, 15) is 4.79 Å². The molecule has 0 aliphatic rings. The maximum atomic E-state index is 12.3. The summed E-state index contributed by atoms with van der Waals surface area (Å²) in [6, 6.07) is 9.24. The summed E-state index contributed by atoms with van der Waals surface area (Å²) < 4.78 is 1.84. The Kier molecular flexibility index (Phi) is 4.50. The standard InChI is InChI=1S/C15H14Br2N2O/c1-8-5-10(16)3-4-12(8)15(20)19-14-9(2)6-11(17)7-13(14)18/h3-7H,18H2,1-2H3,(H,19,20). The van der Waals surface area contributed by atoms with Crippen molar-refractivity contribution in [3.05, 3.63) is 56.0 Å². The number of aryl methyl sites for hydroxylation is 2. The number of amides is 1. The Hall–Kier alpha value is -1.33. The van der Waals surface area contributed by atoms with Crippen LogP contribution in [0.5, 0.6) is 0 Å². The minimum atomic E-state index is -0.160. The minimum Gasteiger partial charge on any atom is -0.397 e. The number of hydrogen-bond donors (Lipinski definition) is 2. The lowest BCUT2D eigenvalue weighted by Crippen LogP contribution is -2.15. The molecule has 5 heteroatoms. The van der Waals surface area contributed by atoms with Crippen molar-refractivity contribution in [2.45, 2.75) is 13.8 Å². The van der Waals surface area contributed by atoms with Crippen molar-refractivity contribution in [3.63, 3.8) is 0 Å². The topological polar surface area (TPSA) is 55.1 Å². The number of benzene rings is 2. The molecule has 0 spiro atoms. The lowest BCUT2D eigenvalue weighted by Gasteiger charge is -2.13. The summed E-state index contributed by atoms with van der Waals surface area (Å²) in [5.74, 6) is -0.160. The van der Waals surface area contributed by atoms with Crippen LogP contribution in [0.15, 0.2) is 39.3 Å². The molecule has 20 heavy (non-hydrogen) atoms. The molecule has 1 amide bonds. The quantitative estimate of drug-likeness (QED) is 0.723. The van der Waals surface area contributed by atoms with Gasteiger partial charge >= 0.3 is 0 Å². The van der Waals surface area contributed by atoms with E-state index >= 15 is 0 Å². The van der Waals surface area contributed by atoms with Gasteiger partial charge in [0.2, 0.25) is 0 Å². The number of nitrogen functional groups attached to an aromatic ring is 1. The highest BCUT2D eigenvalue weighted by Gasteiger charge is 2.13. The molecule has 0 saturated carbocycles. The monoisotopic (exact) mass is 396 g/mol. The number of nitrogens with one attached hydrogen (secondary N) is 1. The zero-order valence-corrected chi connectivity index (χ0v) is 14.3. The van der Waals surface area contributed by atoms with E-state index in [1.54, 1.807) is 12.1 Å². The van der Waals surface area contributed by atoms with Crippen LogP contribution in [-0.2, 0) is 0 Å². The zero-order valence-electron chi connectivity index (χ0n) is 11.1. The van der Waals surface area contributed by atoms with Gasteiger partial charge in [-0.15, -0.1) is 0 Å². The Morgan fingerprint density at radius 2 is 1.70 bits per heavy atom. The van der Waals surface area contributed by atoms with Gasteiger partial charge in [-0.3, -0.25) is 4.79 Å². The molecule has 0 fully saturated rings. The molecule has 104 valence electrons. The third kappa shape index (κ3) is 3.22. The van der Waals surface area contributed by atoms with Gasteiger partial charge in [-0.05, 0) is 55.3 Å². The Balaban J connectivity index is 2.33. The Morgan fingerprint density at radius 1 is 1.05 bits per heavy atom. The van der Waals surface area contributed by atoms with Crippen LogP contribution in [0.1, 0.15) is 21.5 Å². The van der Waals surface area contributed by atoms with E-state index in [2.05, 4.69) is 37.2 Å². The van der Waals surface area contributed by atoms with Gasteiger partial charge in [-0.2, -0.15) is 0 Å². The van der Waals surface area contributed by atoms with Crippen molar-refractivity contribution >= 4 is 49.1 Å². The van der Waals surface area contributed by atoms with E-state index in [0.29, 0.717) is 16.9 Å². The first-order chi connectivity index (χ1) is 9.38. The predicted molar refractivity (Wildman–Crippen MR) is 90.1 cm³/mol. The second kappa shape index (κ2) is 5.97. The van der Waals surface area contributed by atoms with Crippen molar-refractivity contribution in [2.24, 2.45) is 0 Å². The molecular formula is C15H14Br2N2O. The Morgan fingerprint density at radius 3 is 2.30 bits per heavy atom. The lowest BCUT2D eigenvalue weighted by molar-refractivity contribution is 0.102. The second-order valence-electron chi connectivity index (χ2n) is 4.60. The van der Waals surface area contributed by atoms with Gasteiger partial charge in [0.25, 0.3) is 5.91 Å². The van der Waals surface area contributed by atoms with Crippen LogP contribution < -0.4 is 11.1 Å². The fourth-order valence-electron chi connectivity index (χ4n) is 2.00. The highest BCUT2D eigenvalue weighted by Crippen LogP contribution is 2.28. The fourth-order valence-corrected chi connectivity index (χ4v) is 3.07. The van der Waals surface area contributed by atoms with Gasteiger partial charge in [0, 0.05) is 14.5 Å². The number of halogens is 2. The first kappa shape index (κ1) is 15.1. The van der Waals surface area contributed by atoms with Crippen molar-refractivity contribution < 1.29 is 4.79 Å². The van der Waals surface area contributed by atoms with Crippen molar-refractivity contribution in [1.29, 1.82) is 0 Å². The van der Waals surface area contributed by atoms with E-state index in [1.165, 1.54) is 0 Å². The van der Waals surface area contributed by atoms with Crippen LogP contribution in [0, 0.1) is 13.8 Å². The molecule has 0 saturated heterocycles. The Bertz CT molecular complexity index is 661. The maximum Gasteiger partial charge on any atom is 0.255 e. The predicted octanol–water partition coefficient (Wildman–Crippen LogP) is 4.66. The summed E-state index contributed by atoms with van der Waals surface area (Å²) in [4.78, 5) is 12.3. The fraction of sp³-hybridized carbons (Fsp3) is 0.133. The largest absolute Gasteiger partial charge is 0.397 e. The average Bonchev–Trinajstić information content (AvgIpc) is 2.33. The number of nitrogens with two attached hydrogens (primary N) is 1. The number of anilines is 2. The van der Waals surface area contributed by atoms with Gasteiger partial charge in [0.05, 0.1) is 11.4 Å². The van der Waals surface area contributed by atoms with Crippen LogP contribution in [-0.4, -0.2) is 5.91 Å². The molecule has 0 aliphatic carbocycles. The minimum absolute atomic E-state index is 0.160. The second-order valence-corrected chi connectivity index (χ2v) is 6.43. The third-order valence-electron chi connectivity index (χ3n) is 3.00. The van der Waals surface area contributed by atoms with Gasteiger partial charge in [0.15, 0.2) is 0 Å². The molecule has 0 aromatic heterocycles. The molecule has 0 bridgehead atoms. The normalized spacial score (nSPS) is 10.4. The first-order valence-corrected chi connectivity index (χ1v) is 7.60. The van der Waals surface area contributed by atoms with Crippen LogP contribution in [0.2, 0.25) is 0 Å². The third-order valence-corrected chi connectivity index (χ3v) is 3.95. The molecule has 0 radical (unpaired) electrons. The number of carbonyl (C=O) groups excluding carboxylic acids is 1. The number of rotatable bonds is 2. The number of hydrogen-bond acceptors (Lipinski definition) is 2. The van der Waals surface area contributed by atoms with E-state index < -0.39 is 0 Å². The molecule has 0 atom stereocenters. The summed E-state index contributed by atoms with van der Waals surface area (Å²) in [7, 11) is 0. The molecule has 2 aromatic rings. The van der Waals surface area contributed by atoms with Crippen LogP contribution in [0.25, 0.3) is 0 Å². The Labute approximate surface area is 134 Å². The molecular weight excluding hydrogens is 384 g/mol. The van der Waals surface area contributed by atoms with E-state index in [-0.39, 0.29) is 5.91 Å². The van der Waals surface area contributed by atoms with Gasteiger partial charge in [-0.1, -0.05) is 31.9 Å². The highest BCUT2D eigenvalue weighted by molar-refractivity contribution is 9.10. The highest BCUT2D eigenvalue weighted by atomic mass is 79.9. The first-order valence-electron chi connectivity index (χ1n) is 6.01. The summed E-state index contributed by atoms with van der Waals surface area (Å²) in [6.45, 7) is 3.81. The van der Waals surface area contributed by atoms with Crippen molar-refractivity contribution in [3.8, 4) is 0 Å². The molecule has 0 unspecified atom stereocenters. The molecule has 3 nitrogen and oxygen atoms in total. The van der Waals surface area contributed by atoms with Gasteiger partial charge in [0.1, 0.15) is 0 Å². The number of carbonyl (C=O) groups is 1. The van der Waals surface area contributed by atoms with Crippen molar-refractivity contribution in [2.75, 3.05) is 11.1 Å². The smallest absolute Gasteiger partial charge is 0.255 e. The van der Waals surface area contributed by atoms with Crippen LogP contribution in [0.3, 0.4) is 0 Å². The average molecular weight is 398 g/mol. The molecule has 0 aliphatic heterocycles. The van der Waals surface area contributed by atoms with Crippen molar-refractivity contribution in [1.82, 2.24) is 0 Å².